The number of carbonyl (C=O) groups is 3. The van der Waals surface area contributed by atoms with Gasteiger partial charge < -0.3 is 9.80 Å². The van der Waals surface area contributed by atoms with Gasteiger partial charge >= 0.3 is 0 Å². The van der Waals surface area contributed by atoms with Crippen LogP contribution in [0.2, 0.25) is 0 Å². The first-order chi connectivity index (χ1) is 16.7. The number of nitro groups is 1. The summed E-state index contributed by atoms with van der Waals surface area (Å²) >= 11 is 5.23. The van der Waals surface area contributed by atoms with E-state index >= 15 is 0 Å². The minimum absolute atomic E-state index is 0.000577. The molecule has 35 heavy (non-hydrogen) atoms. The molecular weight excluding hydrogens is 470 g/mol. The number of piperazine rings is 1. The molecule has 0 aromatic heterocycles. The van der Waals surface area contributed by atoms with Crippen LogP contribution >= 0.6 is 12.2 Å². The number of nitrogens with one attached hydrogen (secondary N) is 1. The molecule has 11 heteroatoms. The van der Waals surface area contributed by atoms with Crippen molar-refractivity contribution in [3.8, 4) is 0 Å². The van der Waals surface area contributed by atoms with Gasteiger partial charge in [-0.3, -0.25) is 34.7 Å². The van der Waals surface area contributed by atoms with Crippen molar-refractivity contribution in [1.29, 1.82) is 0 Å². The van der Waals surface area contributed by atoms with Gasteiger partial charge in [-0.05, 0) is 29.9 Å². The molecule has 2 aromatic rings. The van der Waals surface area contributed by atoms with Crippen LogP contribution in [-0.4, -0.2) is 63.7 Å². The maximum atomic E-state index is 13.3. The molecule has 10 nitrogen and oxygen atoms in total. The van der Waals surface area contributed by atoms with E-state index in [1.165, 1.54) is 30.0 Å². The van der Waals surface area contributed by atoms with Crippen LogP contribution in [0.25, 0.3) is 6.08 Å². The number of anilines is 1. The SMILES string of the molecule is CC(=O)N1CCN(c2ccc([N+](=O)[O-])cc2/C=C2/C(=O)NC(=S)N(Cc3ccccc3)C2=O)CC1. The average molecular weight is 494 g/mol. The van der Waals surface area contributed by atoms with E-state index in [-0.39, 0.29) is 28.8 Å². The van der Waals surface area contributed by atoms with E-state index in [4.69, 9.17) is 12.2 Å². The zero-order chi connectivity index (χ0) is 25.1. The third-order valence-electron chi connectivity index (χ3n) is 5.96. The molecule has 0 unspecified atom stereocenters. The summed E-state index contributed by atoms with van der Waals surface area (Å²) in [7, 11) is 0. The summed E-state index contributed by atoms with van der Waals surface area (Å²) in [5.74, 6) is -1.26. The zero-order valence-electron chi connectivity index (χ0n) is 19.0. The predicted molar refractivity (Wildman–Crippen MR) is 133 cm³/mol. The fourth-order valence-electron chi connectivity index (χ4n) is 4.08. The van der Waals surface area contributed by atoms with Crippen LogP contribution < -0.4 is 10.2 Å². The number of hydrogen-bond donors (Lipinski definition) is 1. The highest BCUT2D eigenvalue weighted by Gasteiger charge is 2.34. The van der Waals surface area contributed by atoms with Crippen molar-refractivity contribution < 1.29 is 19.3 Å². The highest BCUT2D eigenvalue weighted by atomic mass is 32.1. The van der Waals surface area contributed by atoms with Crippen molar-refractivity contribution in [2.75, 3.05) is 31.1 Å². The molecule has 4 rings (SSSR count). The molecule has 0 radical (unpaired) electrons. The van der Waals surface area contributed by atoms with Crippen molar-refractivity contribution in [3.05, 3.63) is 75.3 Å². The number of non-ortho nitro benzene ring substituents is 1. The Kier molecular flexibility index (Phi) is 6.87. The topological polar surface area (TPSA) is 116 Å². The molecule has 180 valence electrons. The minimum Gasteiger partial charge on any atom is -0.367 e. The third-order valence-corrected chi connectivity index (χ3v) is 6.28. The Balaban J connectivity index is 1.69. The Morgan fingerprint density at radius 3 is 2.43 bits per heavy atom. The maximum absolute atomic E-state index is 13.3. The molecule has 0 bridgehead atoms. The van der Waals surface area contributed by atoms with E-state index in [0.717, 1.165) is 5.56 Å². The molecular formula is C24H23N5O5S. The molecule has 1 N–H and O–H groups in total. The van der Waals surface area contributed by atoms with Gasteiger partial charge in [0.15, 0.2) is 5.11 Å². The molecule has 0 spiro atoms. The monoisotopic (exact) mass is 493 g/mol. The predicted octanol–water partition coefficient (Wildman–Crippen LogP) is 2.09. The summed E-state index contributed by atoms with van der Waals surface area (Å²) in [5, 5.41) is 14.0. The first-order valence-electron chi connectivity index (χ1n) is 11.0. The first-order valence-corrected chi connectivity index (χ1v) is 11.4. The van der Waals surface area contributed by atoms with Gasteiger partial charge in [-0.25, -0.2) is 0 Å². The van der Waals surface area contributed by atoms with E-state index in [9.17, 15) is 24.5 Å². The summed E-state index contributed by atoms with van der Waals surface area (Å²) < 4.78 is 0. The second-order valence-electron chi connectivity index (χ2n) is 8.19. The lowest BCUT2D eigenvalue weighted by Gasteiger charge is -2.36. The summed E-state index contributed by atoms with van der Waals surface area (Å²) in [5.41, 5.74) is 1.50. The number of hydrogen-bond acceptors (Lipinski definition) is 7. The van der Waals surface area contributed by atoms with Gasteiger partial charge in [-0.2, -0.15) is 0 Å². The van der Waals surface area contributed by atoms with Crippen LogP contribution in [0.3, 0.4) is 0 Å². The Morgan fingerprint density at radius 1 is 1.11 bits per heavy atom. The summed E-state index contributed by atoms with van der Waals surface area (Å²) in [6, 6.07) is 13.5. The Labute approximate surface area is 206 Å². The van der Waals surface area contributed by atoms with Crippen molar-refractivity contribution in [2.24, 2.45) is 0 Å². The highest BCUT2D eigenvalue weighted by molar-refractivity contribution is 7.80. The quantitative estimate of drug-likeness (QED) is 0.223. The fraction of sp³-hybridized carbons (Fsp3) is 0.250. The molecule has 2 saturated heterocycles. The normalized spacial score (nSPS) is 17.6. The van der Waals surface area contributed by atoms with E-state index < -0.39 is 16.7 Å². The standard InChI is InChI=1S/C24H23N5O5S/c1-16(30)26-9-11-27(12-10-26)21-8-7-19(29(33)34)13-18(21)14-20-22(31)25-24(35)28(23(20)32)15-17-5-3-2-4-6-17/h2-8,13-14H,9-12,15H2,1H3,(H,25,31,35)/b20-14-. The van der Waals surface area contributed by atoms with Crippen LogP contribution in [0, 0.1) is 10.1 Å². The molecule has 2 fully saturated rings. The molecule has 0 aliphatic carbocycles. The van der Waals surface area contributed by atoms with Gasteiger partial charge in [0.25, 0.3) is 17.5 Å². The molecule has 2 heterocycles. The Morgan fingerprint density at radius 2 is 1.80 bits per heavy atom. The van der Waals surface area contributed by atoms with Crippen molar-refractivity contribution in [1.82, 2.24) is 15.1 Å². The van der Waals surface area contributed by atoms with Crippen LogP contribution in [0.5, 0.6) is 0 Å². The molecule has 2 aromatic carbocycles. The number of thiocarbonyl (C=S) groups is 1. The lowest BCUT2D eigenvalue weighted by Crippen LogP contribution is -2.53. The van der Waals surface area contributed by atoms with E-state index in [2.05, 4.69) is 5.32 Å². The zero-order valence-corrected chi connectivity index (χ0v) is 19.8. The van der Waals surface area contributed by atoms with E-state index in [0.29, 0.717) is 37.4 Å². The van der Waals surface area contributed by atoms with Gasteiger partial charge in [0.1, 0.15) is 5.57 Å². The van der Waals surface area contributed by atoms with Crippen LogP contribution in [0.15, 0.2) is 54.1 Å². The minimum atomic E-state index is -0.664. The van der Waals surface area contributed by atoms with Gasteiger partial charge in [0.05, 0.1) is 11.5 Å². The van der Waals surface area contributed by atoms with Crippen LogP contribution in [0.1, 0.15) is 18.1 Å². The van der Waals surface area contributed by atoms with Crippen LogP contribution in [0.4, 0.5) is 11.4 Å². The number of nitrogens with zero attached hydrogens (tertiary/aromatic N) is 4. The van der Waals surface area contributed by atoms with Gasteiger partial charge in [-0.15, -0.1) is 0 Å². The lowest BCUT2D eigenvalue weighted by atomic mass is 10.0. The van der Waals surface area contributed by atoms with Gasteiger partial charge in [0.2, 0.25) is 5.91 Å². The number of rotatable bonds is 5. The first kappa shape index (κ1) is 24.0. The number of benzene rings is 2. The van der Waals surface area contributed by atoms with Crippen molar-refractivity contribution in [2.45, 2.75) is 13.5 Å². The van der Waals surface area contributed by atoms with Crippen molar-refractivity contribution >= 4 is 52.5 Å². The third kappa shape index (κ3) is 5.19. The smallest absolute Gasteiger partial charge is 0.270 e. The van der Waals surface area contributed by atoms with Crippen LogP contribution in [-0.2, 0) is 20.9 Å². The fourth-order valence-corrected chi connectivity index (χ4v) is 4.32. The average Bonchev–Trinajstić information content (AvgIpc) is 2.85. The largest absolute Gasteiger partial charge is 0.367 e. The lowest BCUT2D eigenvalue weighted by molar-refractivity contribution is -0.384. The van der Waals surface area contributed by atoms with E-state index in [1.54, 1.807) is 11.0 Å². The molecule has 3 amide bonds. The number of nitro benzene ring substituents is 1. The molecule has 0 saturated carbocycles. The van der Waals surface area contributed by atoms with Crippen molar-refractivity contribution in [3.63, 3.8) is 0 Å². The highest BCUT2D eigenvalue weighted by Crippen LogP contribution is 2.29. The summed E-state index contributed by atoms with van der Waals surface area (Å²) in [4.78, 5) is 53.6. The Hall–Kier alpha value is -4.12. The molecule has 2 aliphatic rings. The van der Waals surface area contributed by atoms with E-state index in [1.807, 2.05) is 35.2 Å². The van der Waals surface area contributed by atoms with Gasteiger partial charge in [0, 0.05) is 56.5 Å². The maximum Gasteiger partial charge on any atom is 0.270 e. The summed E-state index contributed by atoms with van der Waals surface area (Å²) in [6.45, 7) is 3.71. The Bertz CT molecular complexity index is 1240. The summed E-state index contributed by atoms with van der Waals surface area (Å²) in [6.07, 6.45) is 1.37. The van der Waals surface area contributed by atoms with Gasteiger partial charge in [-0.1, -0.05) is 30.3 Å². The number of amides is 3. The molecule has 2 aliphatic heterocycles. The number of carbonyl (C=O) groups excluding carboxylic acids is 3. The molecule has 0 atom stereocenters. The second-order valence-corrected chi connectivity index (χ2v) is 8.57. The second kappa shape index (κ2) is 10.0.